The minimum atomic E-state index is -1.06. The van der Waals surface area contributed by atoms with Crippen LogP contribution in [0, 0.1) is 0 Å². The third-order valence-electron chi connectivity index (χ3n) is 5.44. The number of aromatic nitrogens is 2. The molecular weight excluding hydrogens is 450 g/mol. The van der Waals surface area contributed by atoms with Crippen molar-refractivity contribution in [2.45, 2.75) is 26.0 Å². The molecule has 1 amide bonds. The van der Waals surface area contributed by atoms with Crippen LogP contribution in [-0.2, 0) is 9.59 Å². The Bertz CT molecular complexity index is 1270. The third kappa shape index (κ3) is 4.40. The fourth-order valence-corrected chi connectivity index (χ4v) is 4.00. The molecule has 1 aliphatic heterocycles. The Morgan fingerprint density at radius 2 is 1.66 bits per heavy atom. The van der Waals surface area contributed by atoms with E-state index in [0.717, 1.165) is 4.90 Å². The SMILES string of the molecule is COc1cccc(C2C(=C(O)c3ccc(OC(C)C)cc3)C(=O)C(=O)N2c2ncccn2)c1OC. The molecular formula is C26H25N3O6. The van der Waals surface area contributed by atoms with E-state index in [0.29, 0.717) is 28.4 Å². The number of anilines is 1. The molecule has 0 saturated carbocycles. The molecule has 2 aromatic carbocycles. The van der Waals surface area contributed by atoms with Gasteiger partial charge in [0.05, 0.1) is 25.9 Å². The highest BCUT2D eigenvalue weighted by Gasteiger charge is 2.49. The molecule has 180 valence electrons. The zero-order valence-corrected chi connectivity index (χ0v) is 19.8. The van der Waals surface area contributed by atoms with Gasteiger partial charge in [-0.15, -0.1) is 0 Å². The van der Waals surface area contributed by atoms with Crippen LogP contribution in [0.5, 0.6) is 17.2 Å². The van der Waals surface area contributed by atoms with Crippen LogP contribution in [0.15, 0.2) is 66.5 Å². The molecule has 0 spiro atoms. The summed E-state index contributed by atoms with van der Waals surface area (Å²) in [5.41, 5.74) is 0.659. The Hall–Kier alpha value is -4.40. The average Bonchev–Trinajstić information content (AvgIpc) is 3.13. The van der Waals surface area contributed by atoms with Crippen LogP contribution in [-0.4, -0.2) is 47.1 Å². The summed E-state index contributed by atoms with van der Waals surface area (Å²) in [6.07, 6.45) is 2.91. The number of aliphatic hydroxyl groups excluding tert-OH is 1. The van der Waals surface area contributed by atoms with Crippen molar-refractivity contribution in [3.05, 3.63) is 77.6 Å². The van der Waals surface area contributed by atoms with E-state index in [2.05, 4.69) is 9.97 Å². The Kier molecular flexibility index (Phi) is 6.68. The molecule has 0 bridgehead atoms. The monoisotopic (exact) mass is 475 g/mol. The minimum Gasteiger partial charge on any atom is -0.507 e. The molecule has 0 aliphatic carbocycles. The summed E-state index contributed by atoms with van der Waals surface area (Å²) in [5.74, 6) is -0.730. The lowest BCUT2D eigenvalue weighted by Gasteiger charge is -2.25. The topological polar surface area (TPSA) is 111 Å². The summed E-state index contributed by atoms with van der Waals surface area (Å²) in [5, 5.41) is 11.3. The number of nitrogens with zero attached hydrogens (tertiary/aromatic N) is 3. The fraction of sp³-hybridized carbons (Fsp3) is 0.231. The Morgan fingerprint density at radius 3 is 2.26 bits per heavy atom. The van der Waals surface area contributed by atoms with E-state index in [1.807, 2.05) is 13.8 Å². The molecule has 9 heteroatoms. The van der Waals surface area contributed by atoms with Crippen LogP contribution >= 0.6 is 0 Å². The van der Waals surface area contributed by atoms with E-state index in [4.69, 9.17) is 14.2 Å². The number of carbonyl (C=O) groups excluding carboxylic acids is 2. The molecule has 1 aliphatic rings. The number of benzene rings is 2. The maximum Gasteiger partial charge on any atom is 0.302 e. The largest absolute Gasteiger partial charge is 0.507 e. The summed E-state index contributed by atoms with van der Waals surface area (Å²) < 4.78 is 16.7. The van der Waals surface area contributed by atoms with Gasteiger partial charge < -0.3 is 19.3 Å². The first-order valence-electron chi connectivity index (χ1n) is 10.9. The number of hydrogen-bond donors (Lipinski definition) is 1. The fourth-order valence-electron chi connectivity index (χ4n) is 4.00. The van der Waals surface area contributed by atoms with E-state index in [1.54, 1.807) is 48.5 Å². The van der Waals surface area contributed by atoms with Crippen LogP contribution in [0.25, 0.3) is 5.76 Å². The van der Waals surface area contributed by atoms with Crippen LogP contribution in [0.3, 0.4) is 0 Å². The van der Waals surface area contributed by atoms with Crippen molar-refractivity contribution >= 4 is 23.4 Å². The Balaban J connectivity index is 1.93. The zero-order chi connectivity index (χ0) is 25.1. The first kappa shape index (κ1) is 23.7. The predicted molar refractivity (Wildman–Crippen MR) is 129 cm³/mol. The molecule has 1 fully saturated rings. The number of para-hydroxylation sites is 1. The number of Topliss-reactive ketones (excluding diaryl/α,β-unsaturated/α-hetero) is 1. The second-order valence-corrected chi connectivity index (χ2v) is 7.99. The summed E-state index contributed by atoms with van der Waals surface area (Å²) in [6, 6.07) is 12.3. The number of ether oxygens (including phenoxy) is 3. The van der Waals surface area contributed by atoms with Gasteiger partial charge in [-0.3, -0.25) is 14.5 Å². The number of rotatable bonds is 7. The van der Waals surface area contributed by atoms with Crippen molar-refractivity contribution < 1.29 is 28.9 Å². The van der Waals surface area contributed by atoms with Crippen molar-refractivity contribution in [1.29, 1.82) is 0 Å². The van der Waals surface area contributed by atoms with E-state index in [-0.39, 0.29) is 23.4 Å². The van der Waals surface area contributed by atoms with E-state index in [1.165, 1.54) is 26.6 Å². The predicted octanol–water partition coefficient (Wildman–Crippen LogP) is 3.91. The van der Waals surface area contributed by atoms with Crippen LogP contribution < -0.4 is 19.1 Å². The third-order valence-corrected chi connectivity index (χ3v) is 5.44. The van der Waals surface area contributed by atoms with Gasteiger partial charge in [-0.1, -0.05) is 12.1 Å². The molecule has 35 heavy (non-hydrogen) atoms. The number of carbonyl (C=O) groups is 2. The van der Waals surface area contributed by atoms with Crippen molar-refractivity contribution in [3.63, 3.8) is 0 Å². The lowest BCUT2D eigenvalue weighted by atomic mass is 9.94. The maximum absolute atomic E-state index is 13.3. The first-order valence-corrected chi connectivity index (χ1v) is 10.9. The number of amides is 1. The highest BCUT2D eigenvalue weighted by molar-refractivity contribution is 6.51. The van der Waals surface area contributed by atoms with Crippen molar-refractivity contribution in [1.82, 2.24) is 9.97 Å². The number of hydrogen-bond acceptors (Lipinski definition) is 8. The van der Waals surface area contributed by atoms with E-state index in [9.17, 15) is 14.7 Å². The molecule has 0 radical (unpaired) electrons. The molecule has 1 atom stereocenters. The Morgan fingerprint density at radius 1 is 0.971 bits per heavy atom. The van der Waals surface area contributed by atoms with Gasteiger partial charge in [0.15, 0.2) is 11.5 Å². The van der Waals surface area contributed by atoms with E-state index >= 15 is 0 Å². The zero-order valence-electron chi connectivity index (χ0n) is 19.8. The summed E-state index contributed by atoms with van der Waals surface area (Å²) in [7, 11) is 2.94. The van der Waals surface area contributed by atoms with E-state index < -0.39 is 17.7 Å². The van der Waals surface area contributed by atoms with Crippen molar-refractivity contribution in [2.75, 3.05) is 19.1 Å². The molecule has 2 heterocycles. The summed E-state index contributed by atoms with van der Waals surface area (Å²) in [6.45, 7) is 3.81. The number of aliphatic hydroxyl groups is 1. The summed E-state index contributed by atoms with van der Waals surface area (Å²) >= 11 is 0. The lowest BCUT2D eigenvalue weighted by Crippen LogP contribution is -2.31. The Labute approximate surface area is 202 Å². The van der Waals surface area contributed by atoms with Crippen LogP contribution in [0.2, 0.25) is 0 Å². The molecule has 3 aromatic rings. The standard InChI is InChI=1S/C26H25N3O6/c1-15(2)35-17-11-9-16(10-12-17)22(30)20-21(18-7-5-8-19(33-3)24(18)34-4)29(25(32)23(20)31)26-27-13-6-14-28-26/h5-15,21,30H,1-4H3. The average molecular weight is 476 g/mol. The normalized spacial score (nSPS) is 17.1. The van der Waals surface area contributed by atoms with Gasteiger partial charge in [-0.25, -0.2) is 9.97 Å². The summed E-state index contributed by atoms with van der Waals surface area (Å²) in [4.78, 5) is 36.0. The van der Waals surface area contributed by atoms with Gasteiger partial charge in [0, 0.05) is 23.5 Å². The molecule has 9 nitrogen and oxygen atoms in total. The van der Waals surface area contributed by atoms with Crippen molar-refractivity contribution in [2.24, 2.45) is 0 Å². The van der Waals surface area contributed by atoms with Crippen molar-refractivity contribution in [3.8, 4) is 17.2 Å². The molecule has 1 N–H and O–H groups in total. The van der Waals surface area contributed by atoms with Gasteiger partial charge >= 0.3 is 5.91 Å². The molecule has 1 unspecified atom stereocenters. The smallest absolute Gasteiger partial charge is 0.302 e. The molecule has 1 aromatic heterocycles. The first-order chi connectivity index (χ1) is 16.9. The van der Waals surface area contributed by atoms with Gasteiger partial charge in [-0.05, 0) is 50.2 Å². The highest BCUT2D eigenvalue weighted by atomic mass is 16.5. The van der Waals surface area contributed by atoms with Gasteiger partial charge in [0.25, 0.3) is 5.78 Å². The van der Waals surface area contributed by atoms with Crippen LogP contribution in [0.1, 0.15) is 31.0 Å². The van der Waals surface area contributed by atoms with Gasteiger partial charge in [-0.2, -0.15) is 0 Å². The minimum absolute atomic E-state index is 0.0178. The molecule has 4 rings (SSSR count). The second kappa shape index (κ2) is 9.84. The van der Waals surface area contributed by atoms with Gasteiger partial charge in [0.1, 0.15) is 17.6 Å². The highest BCUT2D eigenvalue weighted by Crippen LogP contribution is 2.46. The quantitative estimate of drug-likeness (QED) is 0.311. The van der Waals surface area contributed by atoms with Crippen LogP contribution in [0.4, 0.5) is 5.95 Å². The molecule has 1 saturated heterocycles. The van der Waals surface area contributed by atoms with Gasteiger partial charge in [0.2, 0.25) is 5.95 Å². The maximum atomic E-state index is 13.3. The number of ketones is 1. The lowest BCUT2D eigenvalue weighted by molar-refractivity contribution is -0.132. The number of methoxy groups -OCH3 is 2. The second-order valence-electron chi connectivity index (χ2n) is 7.99.